The SMILES string of the molecule is CO[C@@H]1C[C@H](COc2cccc3ccccc23)N(c2ncnc3[nH]cnc23)C1. The van der Waals surface area contributed by atoms with E-state index in [4.69, 9.17) is 9.47 Å². The van der Waals surface area contributed by atoms with Gasteiger partial charge in [0.25, 0.3) is 0 Å². The van der Waals surface area contributed by atoms with E-state index in [-0.39, 0.29) is 12.1 Å². The number of benzene rings is 2. The Labute approximate surface area is 162 Å². The Balaban J connectivity index is 1.43. The van der Waals surface area contributed by atoms with Crippen molar-refractivity contribution in [2.45, 2.75) is 18.6 Å². The molecule has 2 aromatic carbocycles. The van der Waals surface area contributed by atoms with E-state index < -0.39 is 0 Å². The van der Waals surface area contributed by atoms with Crippen molar-refractivity contribution >= 4 is 27.8 Å². The number of nitrogens with zero attached hydrogens (tertiary/aromatic N) is 4. The third-order valence-electron chi connectivity index (χ3n) is 5.36. The minimum Gasteiger partial charge on any atom is -0.491 e. The van der Waals surface area contributed by atoms with Gasteiger partial charge in [0.2, 0.25) is 0 Å². The second-order valence-corrected chi connectivity index (χ2v) is 6.98. The topological polar surface area (TPSA) is 76.2 Å². The predicted octanol–water partition coefficient (Wildman–Crippen LogP) is 3.18. The second-order valence-electron chi connectivity index (χ2n) is 6.98. The monoisotopic (exact) mass is 375 g/mol. The van der Waals surface area contributed by atoms with Crippen molar-refractivity contribution in [3.05, 3.63) is 55.1 Å². The number of nitrogens with one attached hydrogen (secondary N) is 1. The van der Waals surface area contributed by atoms with Crippen LogP contribution in [0.2, 0.25) is 0 Å². The largest absolute Gasteiger partial charge is 0.491 e. The van der Waals surface area contributed by atoms with E-state index >= 15 is 0 Å². The maximum Gasteiger partial charge on any atom is 0.162 e. The number of anilines is 1. The van der Waals surface area contributed by atoms with Crippen LogP contribution in [-0.2, 0) is 4.74 Å². The first kappa shape index (κ1) is 16.9. The minimum atomic E-state index is 0.130. The molecule has 1 fully saturated rings. The van der Waals surface area contributed by atoms with Crippen molar-refractivity contribution in [1.82, 2.24) is 19.9 Å². The average molecular weight is 375 g/mol. The molecule has 1 aliphatic heterocycles. The molecule has 2 atom stereocenters. The number of methoxy groups -OCH3 is 1. The molecule has 0 saturated carbocycles. The molecule has 0 unspecified atom stereocenters. The fourth-order valence-electron chi connectivity index (χ4n) is 3.93. The number of hydrogen-bond donors (Lipinski definition) is 1. The summed E-state index contributed by atoms with van der Waals surface area (Å²) in [5.74, 6) is 1.71. The number of rotatable bonds is 5. The lowest BCUT2D eigenvalue weighted by Crippen LogP contribution is -2.35. The molecular formula is C21H21N5O2. The summed E-state index contributed by atoms with van der Waals surface area (Å²) >= 11 is 0. The molecule has 1 aliphatic rings. The number of aromatic amines is 1. The Morgan fingerprint density at radius 1 is 1.11 bits per heavy atom. The summed E-state index contributed by atoms with van der Waals surface area (Å²) < 4.78 is 11.9. The van der Waals surface area contributed by atoms with Crippen LogP contribution in [0, 0.1) is 0 Å². The zero-order valence-electron chi connectivity index (χ0n) is 15.6. The first-order valence-corrected chi connectivity index (χ1v) is 9.37. The summed E-state index contributed by atoms with van der Waals surface area (Å²) in [6.45, 7) is 1.29. The number of aromatic nitrogens is 4. The first-order chi connectivity index (χ1) is 13.8. The number of fused-ring (bicyclic) bond motifs is 2. The van der Waals surface area contributed by atoms with Crippen LogP contribution in [0.3, 0.4) is 0 Å². The molecule has 0 spiro atoms. The molecule has 3 heterocycles. The third-order valence-corrected chi connectivity index (χ3v) is 5.36. The summed E-state index contributed by atoms with van der Waals surface area (Å²) in [4.78, 5) is 18.4. The summed E-state index contributed by atoms with van der Waals surface area (Å²) in [6.07, 6.45) is 4.22. The van der Waals surface area contributed by atoms with Crippen LogP contribution >= 0.6 is 0 Å². The van der Waals surface area contributed by atoms with Crippen molar-refractivity contribution in [3.8, 4) is 5.75 Å². The Morgan fingerprint density at radius 3 is 2.93 bits per heavy atom. The Kier molecular flexibility index (Phi) is 4.29. The average Bonchev–Trinajstić information content (AvgIpc) is 3.38. The van der Waals surface area contributed by atoms with E-state index in [0.29, 0.717) is 6.61 Å². The van der Waals surface area contributed by atoms with Gasteiger partial charge in [-0.3, -0.25) is 0 Å². The molecule has 0 radical (unpaired) electrons. The zero-order valence-corrected chi connectivity index (χ0v) is 15.6. The molecule has 142 valence electrons. The number of hydrogen-bond acceptors (Lipinski definition) is 6. The molecule has 0 aliphatic carbocycles. The van der Waals surface area contributed by atoms with Crippen LogP contribution in [0.1, 0.15) is 6.42 Å². The highest BCUT2D eigenvalue weighted by molar-refractivity contribution is 5.88. The highest BCUT2D eigenvalue weighted by Crippen LogP contribution is 2.31. The number of imidazole rings is 1. The Bertz CT molecular complexity index is 1110. The second kappa shape index (κ2) is 7.09. The highest BCUT2D eigenvalue weighted by Gasteiger charge is 2.35. The molecule has 5 rings (SSSR count). The van der Waals surface area contributed by atoms with Crippen molar-refractivity contribution in [3.63, 3.8) is 0 Å². The zero-order chi connectivity index (χ0) is 18.9. The van der Waals surface area contributed by atoms with Crippen LogP contribution in [0.4, 0.5) is 5.82 Å². The molecule has 2 aromatic heterocycles. The molecule has 7 heteroatoms. The Morgan fingerprint density at radius 2 is 2.00 bits per heavy atom. The lowest BCUT2D eigenvalue weighted by Gasteiger charge is -2.25. The maximum atomic E-state index is 6.27. The van der Waals surface area contributed by atoms with E-state index in [1.807, 2.05) is 24.3 Å². The van der Waals surface area contributed by atoms with Gasteiger partial charge >= 0.3 is 0 Å². The lowest BCUT2D eigenvalue weighted by molar-refractivity contribution is 0.115. The maximum absolute atomic E-state index is 6.27. The van der Waals surface area contributed by atoms with Crippen LogP contribution in [0.15, 0.2) is 55.1 Å². The van der Waals surface area contributed by atoms with Gasteiger partial charge in [0.15, 0.2) is 11.5 Å². The van der Waals surface area contributed by atoms with Crippen molar-refractivity contribution in [1.29, 1.82) is 0 Å². The third kappa shape index (κ3) is 2.93. The summed E-state index contributed by atoms with van der Waals surface area (Å²) in [6, 6.07) is 14.5. The number of ether oxygens (including phenoxy) is 2. The van der Waals surface area contributed by atoms with Crippen LogP contribution in [-0.4, -0.2) is 52.3 Å². The lowest BCUT2D eigenvalue weighted by atomic mass is 10.1. The predicted molar refractivity (Wildman–Crippen MR) is 108 cm³/mol. The summed E-state index contributed by atoms with van der Waals surface area (Å²) in [5, 5.41) is 2.29. The van der Waals surface area contributed by atoms with Crippen LogP contribution in [0.25, 0.3) is 21.9 Å². The van der Waals surface area contributed by atoms with Gasteiger partial charge in [0.05, 0.1) is 18.5 Å². The smallest absolute Gasteiger partial charge is 0.162 e. The Hall–Kier alpha value is -3.19. The van der Waals surface area contributed by atoms with Gasteiger partial charge in [0.1, 0.15) is 24.2 Å². The van der Waals surface area contributed by atoms with Crippen molar-refractivity contribution < 1.29 is 9.47 Å². The minimum absolute atomic E-state index is 0.130. The highest BCUT2D eigenvalue weighted by atomic mass is 16.5. The van der Waals surface area contributed by atoms with Gasteiger partial charge in [-0.25, -0.2) is 15.0 Å². The molecule has 1 saturated heterocycles. The van der Waals surface area contributed by atoms with E-state index in [1.165, 1.54) is 5.39 Å². The van der Waals surface area contributed by atoms with E-state index in [9.17, 15) is 0 Å². The normalized spacial score (nSPS) is 19.5. The quantitative estimate of drug-likeness (QED) is 0.577. The molecule has 4 aromatic rings. The standard InChI is InChI=1S/C21H21N5O2/c1-27-16-9-15(11-28-18-8-4-6-14-5-2-3-7-17(14)18)26(10-16)21-19-20(23-12-22-19)24-13-25-21/h2-8,12-13,15-16H,9-11H2,1H3,(H,22,23,24,25)/t15-,16-/m1/s1. The summed E-state index contributed by atoms with van der Waals surface area (Å²) in [5.41, 5.74) is 1.51. The number of H-pyrrole nitrogens is 1. The van der Waals surface area contributed by atoms with Crippen LogP contribution in [0.5, 0.6) is 5.75 Å². The fourth-order valence-corrected chi connectivity index (χ4v) is 3.93. The van der Waals surface area contributed by atoms with Crippen molar-refractivity contribution in [2.24, 2.45) is 0 Å². The molecular weight excluding hydrogens is 354 g/mol. The molecule has 1 N–H and O–H groups in total. The van der Waals surface area contributed by atoms with E-state index in [0.717, 1.165) is 41.1 Å². The van der Waals surface area contributed by atoms with Crippen LogP contribution < -0.4 is 9.64 Å². The van der Waals surface area contributed by atoms with Gasteiger partial charge in [-0.05, 0) is 17.9 Å². The molecule has 0 amide bonds. The van der Waals surface area contributed by atoms with E-state index in [1.54, 1.807) is 19.8 Å². The van der Waals surface area contributed by atoms with Gasteiger partial charge in [-0.1, -0.05) is 36.4 Å². The van der Waals surface area contributed by atoms with Crippen molar-refractivity contribution in [2.75, 3.05) is 25.2 Å². The first-order valence-electron chi connectivity index (χ1n) is 9.37. The van der Waals surface area contributed by atoms with Gasteiger partial charge in [0, 0.05) is 19.0 Å². The fraction of sp³-hybridized carbons (Fsp3) is 0.286. The molecule has 7 nitrogen and oxygen atoms in total. The van der Waals surface area contributed by atoms with Gasteiger partial charge in [-0.2, -0.15) is 0 Å². The van der Waals surface area contributed by atoms with E-state index in [2.05, 4.69) is 43.0 Å². The van der Waals surface area contributed by atoms with Gasteiger partial charge < -0.3 is 19.4 Å². The molecule has 0 bridgehead atoms. The van der Waals surface area contributed by atoms with Gasteiger partial charge in [-0.15, -0.1) is 0 Å². The molecule has 28 heavy (non-hydrogen) atoms. The summed E-state index contributed by atoms with van der Waals surface area (Å²) in [7, 11) is 1.75.